The molecule has 14 heavy (non-hydrogen) atoms. The van der Waals surface area contributed by atoms with Crippen LogP contribution >= 0.6 is 12.4 Å². The summed E-state index contributed by atoms with van der Waals surface area (Å²) in [4.78, 5) is 10.3. The van der Waals surface area contributed by atoms with Gasteiger partial charge in [-0.05, 0) is 11.1 Å². The van der Waals surface area contributed by atoms with Crippen LogP contribution in [0.5, 0.6) is 0 Å². The van der Waals surface area contributed by atoms with E-state index < -0.39 is 5.97 Å². The molecule has 0 fully saturated rings. The zero-order valence-corrected chi connectivity index (χ0v) is 8.20. The predicted molar refractivity (Wildman–Crippen MR) is 56.8 cm³/mol. The predicted octanol–water partition coefficient (Wildman–Crippen LogP) is 1.03. The third kappa shape index (κ3) is 3.91. The van der Waals surface area contributed by atoms with E-state index in [4.69, 9.17) is 10.9 Å². The van der Waals surface area contributed by atoms with Crippen molar-refractivity contribution in [1.82, 2.24) is 0 Å². The first-order valence-electron chi connectivity index (χ1n) is 3.76. The third-order valence-electron chi connectivity index (χ3n) is 1.56. The van der Waals surface area contributed by atoms with Crippen LogP contribution in [-0.4, -0.2) is 17.3 Å². The standard InChI is InChI=1S/C9H10N2O2.ClH/c10-11-6-8-3-1-7(2-4-8)5-9(12)13;/h1-4,6H,5,10H2,(H,12,13);1H. The molecule has 1 rings (SSSR count). The van der Waals surface area contributed by atoms with Crippen LogP contribution in [0.15, 0.2) is 29.4 Å². The van der Waals surface area contributed by atoms with Crippen molar-refractivity contribution < 1.29 is 9.90 Å². The van der Waals surface area contributed by atoms with Crippen molar-refractivity contribution in [2.75, 3.05) is 0 Å². The van der Waals surface area contributed by atoms with E-state index in [-0.39, 0.29) is 18.8 Å². The van der Waals surface area contributed by atoms with Gasteiger partial charge in [0.15, 0.2) is 0 Å². The normalized spacial score (nSPS) is 9.71. The summed E-state index contributed by atoms with van der Waals surface area (Å²) in [6.07, 6.45) is 1.55. The number of hydrazone groups is 1. The lowest BCUT2D eigenvalue weighted by atomic mass is 10.1. The molecule has 5 heteroatoms. The molecule has 76 valence electrons. The Morgan fingerprint density at radius 1 is 1.43 bits per heavy atom. The fourth-order valence-electron chi connectivity index (χ4n) is 0.982. The third-order valence-corrected chi connectivity index (χ3v) is 1.56. The van der Waals surface area contributed by atoms with Gasteiger partial charge in [-0.3, -0.25) is 4.79 Å². The maximum Gasteiger partial charge on any atom is 0.307 e. The summed E-state index contributed by atoms with van der Waals surface area (Å²) in [5, 5.41) is 11.8. The number of aliphatic carboxylic acids is 1. The molecule has 4 nitrogen and oxygen atoms in total. The van der Waals surface area contributed by atoms with Crippen molar-refractivity contribution in [3.8, 4) is 0 Å². The highest BCUT2D eigenvalue weighted by Crippen LogP contribution is 2.03. The highest BCUT2D eigenvalue weighted by molar-refractivity contribution is 5.85. The molecule has 0 aliphatic carbocycles. The lowest BCUT2D eigenvalue weighted by molar-refractivity contribution is -0.136. The minimum Gasteiger partial charge on any atom is -0.481 e. The van der Waals surface area contributed by atoms with E-state index in [1.54, 1.807) is 24.3 Å². The van der Waals surface area contributed by atoms with Crippen molar-refractivity contribution in [2.24, 2.45) is 10.9 Å². The Morgan fingerprint density at radius 2 is 2.00 bits per heavy atom. The number of nitrogens with zero attached hydrogens (tertiary/aromatic N) is 1. The van der Waals surface area contributed by atoms with Gasteiger partial charge in [-0.15, -0.1) is 12.4 Å². The summed E-state index contributed by atoms with van der Waals surface area (Å²) in [6, 6.07) is 7.03. The number of carbonyl (C=O) groups is 1. The Bertz CT molecular complexity index is 322. The monoisotopic (exact) mass is 214 g/mol. The van der Waals surface area contributed by atoms with E-state index in [9.17, 15) is 4.79 Å². The van der Waals surface area contributed by atoms with Crippen LogP contribution in [0.2, 0.25) is 0 Å². The van der Waals surface area contributed by atoms with Crippen molar-refractivity contribution in [2.45, 2.75) is 6.42 Å². The average molecular weight is 215 g/mol. The van der Waals surface area contributed by atoms with Gasteiger partial charge < -0.3 is 10.9 Å². The molecule has 0 aliphatic heterocycles. The molecule has 0 radical (unpaired) electrons. The topological polar surface area (TPSA) is 75.7 Å². The molecule has 0 heterocycles. The molecule has 0 spiro atoms. The Hall–Kier alpha value is -1.55. The molecule has 1 aromatic rings. The summed E-state index contributed by atoms with van der Waals surface area (Å²) < 4.78 is 0. The van der Waals surface area contributed by atoms with Crippen LogP contribution < -0.4 is 5.84 Å². The van der Waals surface area contributed by atoms with Gasteiger partial charge in [0.25, 0.3) is 0 Å². The number of rotatable bonds is 3. The molecule has 0 amide bonds. The lowest BCUT2D eigenvalue weighted by Gasteiger charge is -1.96. The van der Waals surface area contributed by atoms with E-state index >= 15 is 0 Å². The number of benzene rings is 1. The SMILES string of the molecule is Cl.NN=Cc1ccc(CC(=O)O)cc1. The van der Waals surface area contributed by atoms with E-state index in [0.717, 1.165) is 11.1 Å². The van der Waals surface area contributed by atoms with Gasteiger partial charge in [0.05, 0.1) is 12.6 Å². The summed E-state index contributed by atoms with van der Waals surface area (Å²) in [5.41, 5.74) is 1.62. The number of carboxylic acids is 1. The fourth-order valence-corrected chi connectivity index (χ4v) is 0.982. The summed E-state index contributed by atoms with van der Waals surface area (Å²) in [7, 11) is 0. The second-order valence-corrected chi connectivity index (χ2v) is 2.59. The number of halogens is 1. The number of hydrogen-bond acceptors (Lipinski definition) is 3. The van der Waals surface area contributed by atoms with Crippen molar-refractivity contribution in [1.29, 1.82) is 0 Å². The molecular weight excluding hydrogens is 204 g/mol. The Labute approximate surface area is 87.8 Å². The second-order valence-electron chi connectivity index (χ2n) is 2.59. The molecule has 0 unspecified atom stereocenters. The van der Waals surface area contributed by atoms with Crippen LogP contribution in [0.4, 0.5) is 0 Å². The minimum absolute atomic E-state index is 0. The van der Waals surface area contributed by atoms with Gasteiger partial charge in [-0.2, -0.15) is 5.10 Å². The van der Waals surface area contributed by atoms with Gasteiger partial charge in [-0.25, -0.2) is 0 Å². The Kier molecular flexibility index (Phi) is 5.33. The first-order chi connectivity index (χ1) is 6.22. The van der Waals surface area contributed by atoms with Crippen molar-refractivity contribution >= 4 is 24.6 Å². The fraction of sp³-hybridized carbons (Fsp3) is 0.111. The summed E-state index contributed by atoms with van der Waals surface area (Å²) >= 11 is 0. The van der Waals surface area contributed by atoms with E-state index in [1.807, 2.05) is 0 Å². The van der Waals surface area contributed by atoms with Gasteiger partial charge in [0.1, 0.15) is 0 Å². The van der Waals surface area contributed by atoms with Crippen molar-refractivity contribution in [3.63, 3.8) is 0 Å². The number of carboxylic acid groups (broad SMARTS) is 1. The Morgan fingerprint density at radius 3 is 2.43 bits per heavy atom. The lowest BCUT2D eigenvalue weighted by Crippen LogP contribution is -1.99. The smallest absolute Gasteiger partial charge is 0.307 e. The van der Waals surface area contributed by atoms with E-state index in [0.29, 0.717) is 0 Å². The highest BCUT2D eigenvalue weighted by atomic mass is 35.5. The molecular formula is C9H11ClN2O2. The molecule has 3 N–H and O–H groups in total. The molecule has 0 saturated heterocycles. The van der Waals surface area contributed by atoms with Crippen LogP contribution in [0, 0.1) is 0 Å². The second kappa shape index (κ2) is 5.99. The summed E-state index contributed by atoms with van der Waals surface area (Å²) in [6.45, 7) is 0. The maximum atomic E-state index is 10.3. The van der Waals surface area contributed by atoms with Crippen LogP contribution in [0.1, 0.15) is 11.1 Å². The van der Waals surface area contributed by atoms with Crippen LogP contribution in [0.3, 0.4) is 0 Å². The molecule has 0 saturated carbocycles. The van der Waals surface area contributed by atoms with Gasteiger partial charge in [-0.1, -0.05) is 24.3 Å². The van der Waals surface area contributed by atoms with E-state index in [2.05, 4.69) is 5.10 Å². The summed E-state index contributed by atoms with van der Waals surface area (Å²) in [5.74, 6) is 4.12. The first kappa shape index (κ1) is 12.4. The highest BCUT2D eigenvalue weighted by Gasteiger charge is 1.98. The van der Waals surface area contributed by atoms with Crippen molar-refractivity contribution in [3.05, 3.63) is 35.4 Å². The van der Waals surface area contributed by atoms with Gasteiger partial charge in [0, 0.05) is 0 Å². The molecule has 0 aromatic heterocycles. The molecule has 0 bridgehead atoms. The zero-order valence-electron chi connectivity index (χ0n) is 7.38. The van der Waals surface area contributed by atoms with Crippen LogP contribution in [0.25, 0.3) is 0 Å². The maximum absolute atomic E-state index is 10.3. The first-order valence-corrected chi connectivity index (χ1v) is 3.76. The molecule has 1 aromatic carbocycles. The minimum atomic E-state index is -0.833. The number of hydrogen-bond donors (Lipinski definition) is 2. The Balaban J connectivity index is 0.00000169. The van der Waals surface area contributed by atoms with Crippen LogP contribution in [-0.2, 0) is 11.2 Å². The van der Waals surface area contributed by atoms with E-state index in [1.165, 1.54) is 6.21 Å². The average Bonchev–Trinajstić information content (AvgIpc) is 2.08. The largest absolute Gasteiger partial charge is 0.481 e. The zero-order chi connectivity index (χ0) is 9.68. The molecule has 0 atom stereocenters. The molecule has 0 aliphatic rings. The quantitative estimate of drug-likeness (QED) is 0.448. The van der Waals surface area contributed by atoms with Gasteiger partial charge in [0.2, 0.25) is 0 Å². The van der Waals surface area contributed by atoms with Gasteiger partial charge >= 0.3 is 5.97 Å². The number of nitrogens with two attached hydrogens (primary N) is 1.